The van der Waals surface area contributed by atoms with Crippen LogP contribution in [0.5, 0.6) is 0 Å². The minimum atomic E-state index is -3.42. The van der Waals surface area contributed by atoms with Gasteiger partial charge in [0.15, 0.2) is 0 Å². The van der Waals surface area contributed by atoms with Crippen LogP contribution in [0.1, 0.15) is 13.3 Å². The summed E-state index contributed by atoms with van der Waals surface area (Å²) in [5, 5.41) is 0. The molecule has 11 heavy (non-hydrogen) atoms. The normalized spacial score (nSPS) is 14.1. The van der Waals surface area contributed by atoms with Crippen LogP contribution in [0.15, 0.2) is 0 Å². The second kappa shape index (κ2) is 3.68. The van der Waals surface area contributed by atoms with Gasteiger partial charge in [-0.25, -0.2) is 8.42 Å². The SMILES string of the molecule is CC(N)CC(=O)NS(C)(=O)=O. The van der Waals surface area contributed by atoms with Crippen LogP contribution in [0, 0.1) is 0 Å². The first-order chi connectivity index (χ1) is 4.81. The molecule has 0 aliphatic rings. The number of nitrogens with one attached hydrogen (secondary N) is 1. The highest BCUT2D eigenvalue weighted by Crippen LogP contribution is 1.86. The van der Waals surface area contributed by atoms with Crippen LogP contribution < -0.4 is 10.5 Å². The summed E-state index contributed by atoms with van der Waals surface area (Å²) in [6.07, 6.45) is 0.944. The fraction of sp³-hybridized carbons (Fsp3) is 0.800. The first kappa shape index (κ1) is 10.4. The van der Waals surface area contributed by atoms with Crippen molar-refractivity contribution in [2.75, 3.05) is 6.26 Å². The van der Waals surface area contributed by atoms with E-state index in [1.54, 1.807) is 11.6 Å². The largest absolute Gasteiger partial charge is 0.327 e. The number of hydrogen-bond acceptors (Lipinski definition) is 4. The molecule has 0 heterocycles. The molecule has 3 N–H and O–H groups in total. The van der Waals surface area contributed by atoms with Crippen molar-refractivity contribution in [3.8, 4) is 0 Å². The molecule has 0 spiro atoms. The van der Waals surface area contributed by atoms with Crippen LogP contribution in [-0.4, -0.2) is 26.6 Å². The topological polar surface area (TPSA) is 89.3 Å². The van der Waals surface area contributed by atoms with Gasteiger partial charge in [-0.3, -0.25) is 9.52 Å². The van der Waals surface area contributed by atoms with Crippen LogP contribution in [0.3, 0.4) is 0 Å². The van der Waals surface area contributed by atoms with Crippen LogP contribution >= 0.6 is 0 Å². The number of carbonyl (C=O) groups is 1. The molecular formula is C5H12N2O3S. The third-order valence-corrected chi connectivity index (χ3v) is 1.41. The van der Waals surface area contributed by atoms with E-state index in [0.29, 0.717) is 0 Å². The van der Waals surface area contributed by atoms with Gasteiger partial charge in [0.05, 0.1) is 6.26 Å². The summed E-state index contributed by atoms with van der Waals surface area (Å²) in [5.41, 5.74) is 5.26. The molecule has 0 saturated carbocycles. The Morgan fingerprint density at radius 3 is 2.36 bits per heavy atom. The number of rotatable bonds is 3. The zero-order chi connectivity index (χ0) is 9.07. The number of amides is 1. The molecular weight excluding hydrogens is 168 g/mol. The van der Waals surface area contributed by atoms with Crippen molar-refractivity contribution in [1.29, 1.82) is 0 Å². The second-order valence-corrected chi connectivity index (χ2v) is 4.23. The Hall–Kier alpha value is -0.620. The van der Waals surface area contributed by atoms with Gasteiger partial charge in [0.1, 0.15) is 0 Å². The van der Waals surface area contributed by atoms with Gasteiger partial charge in [-0.2, -0.15) is 0 Å². The van der Waals surface area contributed by atoms with E-state index >= 15 is 0 Å². The molecule has 0 aliphatic heterocycles. The summed E-state index contributed by atoms with van der Waals surface area (Å²) in [6.45, 7) is 1.63. The zero-order valence-corrected chi connectivity index (χ0v) is 7.31. The van der Waals surface area contributed by atoms with Gasteiger partial charge in [-0.15, -0.1) is 0 Å². The minimum absolute atomic E-state index is 0.0209. The van der Waals surface area contributed by atoms with Crippen molar-refractivity contribution >= 4 is 15.9 Å². The molecule has 0 aliphatic carbocycles. The van der Waals surface area contributed by atoms with Crippen molar-refractivity contribution in [1.82, 2.24) is 4.72 Å². The van der Waals surface area contributed by atoms with Gasteiger partial charge in [-0.05, 0) is 6.92 Å². The van der Waals surface area contributed by atoms with Gasteiger partial charge in [0, 0.05) is 12.5 Å². The van der Waals surface area contributed by atoms with Crippen molar-refractivity contribution < 1.29 is 13.2 Å². The smallest absolute Gasteiger partial charge is 0.234 e. The van der Waals surface area contributed by atoms with Gasteiger partial charge >= 0.3 is 0 Å². The highest BCUT2D eigenvalue weighted by Gasteiger charge is 2.09. The summed E-state index contributed by atoms with van der Waals surface area (Å²) < 4.78 is 22.7. The van der Waals surface area contributed by atoms with Crippen LogP contribution in [0.2, 0.25) is 0 Å². The highest BCUT2D eigenvalue weighted by molar-refractivity contribution is 7.89. The van der Waals surface area contributed by atoms with E-state index in [-0.39, 0.29) is 12.5 Å². The molecule has 0 aromatic carbocycles. The lowest BCUT2D eigenvalue weighted by molar-refractivity contribution is -0.119. The van der Waals surface area contributed by atoms with Crippen LogP contribution in [0.4, 0.5) is 0 Å². The third kappa shape index (κ3) is 7.27. The highest BCUT2D eigenvalue weighted by atomic mass is 32.2. The Balaban J connectivity index is 3.91. The molecule has 1 amide bonds. The lowest BCUT2D eigenvalue weighted by Gasteiger charge is -2.03. The van der Waals surface area contributed by atoms with Gasteiger partial charge in [0.2, 0.25) is 15.9 Å². The molecule has 5 nitrogen and oxygen atoms in total. The average Bonchev–Trinajstić information content (AvgIpc) is 1.53. The van der Waals surface area contributed by atoms with Gasteiger partial charge in [0.25, 0.3) is 0 Å². The van der Waals surface area contributed by atoms with E-state index in [2.05, 4.69) is 0 Å². The molecule has 0 radical (unpaired) electrons. The fourth-order valence-corrected chi connectivity index (χ4v) is 1.04. The maximum Gasteiger partial charge on any atom is 0.234 e. The van der Waals surface area contributed by atoms with Gasteiger partial charge < -0.3 is 5.73 Å². The molecule has 0 bridgehead atoms. The second-order valence-electron chi connectivity index (χ2n) is 2.48. The lowest BCUT2D eigenvalue weighted by atomic mass is 10.2. The minimum Gasteiger partial charge on any atom is -0.327 e. The molecule has 1 atom stereocenters. The number of nitrogens with two attached hydrogens (primary N) is 1. The van der Waals surface area contributed by atoms with Crippen molar-refractivity contribution in [3.05, 3.63) is 0 Å². The Bertz CT molecular complexity index is 232. The van der Waals surface area contributed by atoms with Crippen molar-refractivity contribution in [2.24, 2.45) is 5.73 Å². The molecule has 0 rings (SSSR count). The van der Waals surface area contributed by atoms with E-state index in [0.717, 1.165) is 6.26 Å². The number of hydrogen-bond donors (Lipinski definition) is 2. The van der Waals surface area contributed by atoms with Crippen molar-refractivity contribution in [2.45, 2.75) is 19.4 Å². The van der Waals surface area contributed by atoms with Crippen molar-refractivity contribution in [3.63, 3.8) is 0 Å². The summed E-state index contributed by atoms with van der Waals surface area (Å²) in [7, 11) is -3.42. The predicted molar refractivity (Wildman–Crippen MR) is 41.3 cm³/mol. The van der Waals surface area contributed by atoms with E-state index in [9.17, 15) is 13.2 Å². The average molecular weight is 180 g/mol. The zero-order valence-electron chi connectivity index (χ0n) is 6.49. The Labute approximate surface area is 66.0 Å². The number of sulfonamides is 1. The molecule has 0 aromatic rings. The maximum absolute atomic E-state index is 10.7. The first-order valence-corrected chi connectivity index (χ1v) is 4.96. The standard InChI is InChI=1S/C5H12N2O3S/c1-4(6)3-5(8)7-11(2,9)10/h4H,3,6H2,1-2H3,(H,7,8). The van der Waals surface area contributed by atoms with Crippen LogP contribution in [0.25, 0.3) is 0 Å². The van der Waals surface area contributed by atoms with Gasteiger partial charge in [-0.1, -0.05) is 0 Å². The summed E-state index contributed by atoms with van der Waals surface area (Å²) in [5.74, 6) is -0.567. The molecule has 1 unspecified atom stereocenters. The Kier molecular flexibility index (Phi) is 3.47. The molecule has 0 aromatic heterocycles. The number of carbonyl (C=O) groups excluding carboxylic acids is 1. The fourth-order valence-electron chi connectivity index (χ4n) is 0.541. The molecule has 0 fully saturated rings. The van der Waals surface area contributed by atoms with E-state index < -0.39 is 15.9 Å². The monoisotopic (exact) mass is 180 g/mol. The third-order valence-electron chi connectivity index (χ3n) is 0.807. The summed E-state index contributed by atoms with van der Waals surface area (Å²) in [4.78, 5) is 10.7. The van der Waals surface area contributed by atoms with Crippen LogP contribution in [-0.2, 0) is 14.8 Å². The Morgan fingerprint density at radius 2 is 2.09 bits per heavy atom. The molecule has 6 heteroatoms. The van der Waals surface area contributed by atoms with E-state index in [1.165, 1.54) is 0 Å². The molecule has 66 valence electrons. The maximum atomic E-state index is 10.7. The summed E-state index contributed by atoms with van der Waals surface area (Å²) >= 11 is 0. The predicted octanol–water partition coefficient (Wildman–Crippen LogP) is -1.20. The molecule has 0 saturated heterocycles. The quantitative estimate of drug-likeness (QED) is 0.571. The van der Waals surface area contributed by atoms with E-state index in [1.807, 2.05) is 0 Å². The first-order valence-electron chi connectivity index (χ1n) is 3.07. The summed E-state index contributed by atoms with van der Waals surface area (Å²) in [6, 6.07) is -0.322. The Morgan fingerprint density at radius 1 is 1.64 bits per heavy atom. The lowest BCUT2D eigenvalue weighted by Crippen LogP contribution is -2.33. The van der Waals surface area contributed by atoms with E-state index in [4.69, 9.17) is 5.73 Å².